The monoisotopic (exact) mass is 242 g/mol. The van der Waals surface area contributed by atoms with E-state index in [1.807, 2.05) is 0 Å². The van der Waals surface area contributed by atoms with Crippen LogP contribution in [0.5, 0.6) is 0 Å². The molecule has 1 aliphatic rings. The summed E-state index contributed by atoms with van der Waals surface area (Å²) < 4.78 is 0. The van der Waals surface area contributed by atoms with E-state index < -0.39 is 0 Å². The molecule has 0 bridgehead atoms. The zero-order chi connectivity index (χ0) is 12.1. The molecule has 0 aromatic carbocycles. The van der Waals surface area contributed by atoms with E-state index in [0.717, 1.165) is 23.5 Å². The van der Waals surface area contributed by atoms with Gasteiger partial charge in [0.1, 0.15) is 0 Å². The Morgan fingerprint density at radius 2 is 1.75 bits per heavy atom. The Kier molecular flexibility index (Phi) is 5.53. The fraction of sp³-hybridized carbons (Fsp3) is 0.923. The smallest absolute Gasteiger partial charge is 0.166 e. The summed E-state index contributed by atoms with van der Waals surface area (Å²) in [7, 11) is 0. The fourth-order valence-electron chi connectivity index (χ4n) is 2.60. The van der Waals surface area contributed by atoms with E-state index in [2.05, 4.69) is 38.3 Å². The normalized spacial score (nSPS) is 30.2. The van der Waals surface area contributed by atoms with Crippen LogP contribution in [0.1, 0.15) is 47.0 Å². The quantitative estimate of drug-likeness (QED) is 0.744. The van der Waals surface area contributed by atoms with E-state index in [-0.39, 0.29) is 0 Å². The van der Waals surface area contributed by atoms with Crippen LogP contribution in [-0.2, 0) is 0 Å². The second kappa shape index (κ2) is 6.43. The zero-order valence-electron chi connectivity index (χ0n) is 11.0. The highest BCUT2D eigenvalue weighted by molar-refractivity contribution is 7.80. The van der Waals surface area contributed by atoms with Crippen LogP contribution in [-0.4, -0.2) is 17.7 Å². The molecule has 2 N–H and O–H groups in total. The molecule has 0 aromatic rings. The van der Waals surface area contributed by atoms with Crippen molar-refractivity contribution in [1.29, 1.82) is 0 Å². The molecule has 1 aliphatic carbocycles. The Morgan fingerprint density at radius 3 is 2.25 bits per heavy atom. The van der Waals surface area contributed by atoms with E-state index in [0.29, 0.717) is 12.0 Å². The van der Waals surface area contributed by atoms with Crippen LogP contribution in [0.25, 0.3) is 0 Å². The topological polar surface area (TPSA) is 24.1 Å². The summed E-state index contributed by atoms with van der Waals surface area (Å²) in [6.07, 6.45) is 3.88. The summed E-state index contributed by atoms with van der Waals surface area (Å²) in [6, 6.07) is 0.575. The molecule has 0 saturated heterocycles. The van der Waals surface area contributed by atoms with Crippen molar-refractivity contribution >= 4 is 17.3 Å². The maximum Gasteiger partial charge on any atom is 0.166 e. The van der Waals surface area contributed by atoms with Crippen molar-refractivity contribution in [2.45, 2.75) is 53.0 Å². The van der Waals surface area contributed by atoms with Crippen molar-refractivity contribution < 1.29 is 0 Å². The van der Waals surface area contributed by atoms with Crippen LogP contribution in [0, 0.1) is 17.8 Å². The Bertz CT molecular complexity index is 218. The molecule has 1 rings (SSSR count). The van der Waals surface area contributed by atoms with Gasteiger partial charge in [0.2, 0.25) is 0 Å². The maximum absolute atomic E-state index is 5.31. The summed E-state index contributed by atoms with van der Waals surface area (Å²) in [5.74, 6) is 2.30. The summed E-state index contributed by atoms with van der Waals surface area (Å²) in [6.45, 7) is 10.0. The first-order chi connectivity index (χ1) is 7.47. The molecule has 3 heteroatoms. The molecule has 16 heavy (non-hydrogen) atoms. The van der Waals surface area contributed by atoms with Gasteiger partial charge in [-0.25, -0.2) is 0 Å². The minimum atomic E-state index is 0.575. The second-order valence-corrected chi connectivity index (χ2v) is 6.27. The highest BCUT2D eigenvalue weighted by atomic mass is 32.1. The largest absolute Gasteiger partial charge is 0.362 e. The van der Waals surface area contributed by atoms with Gasteiger partial charge < -0.3 is 10.6 Å². The number of nitrogens with one attached hydrogen (secondary N) is 2. The van der Waals surface area contributed by atoms with Crippen molar-refractivity contribution in [3.05, 3.63) is 0 Å². The average Bonchev–Trinajstić information content (AvgIpc) is 2.12. The van der Waals surface area contributed by atoms with Crippen molar-refractivity contribution in [2.75, 3.05) is 6.54 Å². The van der Waals surface area contributed by atoms with Crippen molar-refractivity contribution in [2.24, 2.45) is 17.8 Å². The van der Waals surface area contributed by atoms with Gasteiger partial charge in [0.05, 0.1) is 0 Å². The molecule has 0 aromatic heterocycles. The number of rotatable bonds is 3. The Morgan fingerprint density at radius 1 is 1.19 bits per heavy atom. The SMILES string of the molecule is CC(C)CNC(=S)NC1CC(C)CC(C)C1. The van der Waals surface area contributed by atoms with Crippen LogP contribution >= 0.6 is 12.2 Å². The third-order valence-corrected chi connectivity index (χ3v) is 3.45. The molecule has 1 saturated carbocycles. The van der Waals surface area contributed by atoms with Gasteiger partial charge in [-0.3, -0.25) is 0 Å². The van der Waals surface area contributed by atoms with Gasteiger partial charge in [-0.2, -0.15) is 0 Å². The van der Waals surface area contributed by atoms with Crippen molar-refractivity contribution in [1.82, 2.24) is 10.6 Å². The lowest BCUT2D eigenvalue weighted by molar-refractivity contribution is 0.255. The van der Waals surface area contributed by atoms with Crippen LogP contribution in [0.15, 0.2) is 0 Å². The van der Waals surface area contributed by atoms with Gasteiger partial charge in [-0.1, -0.05) is 27.7 Å². The average molecular weight is 242 g/mol. The van der Waals surface area contributed by atoms with E-state index in [1.165, 1.54) is 19.3 Å². The lowest BCUT2D eigenvalue weighted by atomic mass is 9.80. The van der Waals surface area contributed by atoms with Crippen LogP contribution in [0.4, 0.5) is 0 Å². The minimum Gasteiger partial charge on any atom is -0.362 e. The molecule has 0 heterocycles. The molecule has 0 aliphatic heterocycles. The fourth-order valence-corrected chi connectivity index (χ4v) is 2.85. The predicted octanol–water partition coefficient (Wildman–Crippen LogP) is 2.93. The van der Waals surface area contributed by atoms with Gasteiger partial charge in [0.25, 0.3) is 0 Å². The molecule has 2 nitrogen and oxygen atoms in total. The maximum atomic E-state index is 5.31. The number of hydrogen-bond acceptors (Lipinski definition) is 1. The molecular formula is C13H26N2S. The highest BCUT2D eigenvalue weighted by Gasteiger charge is 2.24. The molecule has 0 radical (unpaired) electrons. The van der Waals surface area contributed by atoms with E-state index in [9.17, 15) is 0 Å². The lowest BCUT2D eigenvalue weighted by Crippen LogP contribution is -2.45. The summed E-state index contributed by atoms with van der Waals surface area (Å²) in [4.78, 5) is 0. The first kappa shape index (κ1) is 13.8. The summed E-state index contributed by atoms with van der Waals surface area (Å²) >= 11 is 5.31. The zero-order valence-corrected chi connectivity index (χ0v) is 11.9. The first-order valence-electron chi connectivity index (χ1n) is 6.51. The molecule has 2 unspecified atom stereocenters. The van der Waals surface area contributed by atoms with Crippen LogP contribution in [0.2, 0.25) is 0 Å². The number of thiocarbonyl (C=S) groups is 1. The van der Waals surface area contributed by atoms with Gasteiger partial charge in [0.15, 0.2) is 5.11 Å². The Balaban J connectivity index is 2.27. The third kappa shape index (κ3) is 5.15. The van der Waals surface area contributed by atoms with E-state index >= 15 is 0 Å². The van der Waals surface area contributed by atoms with Gasteiger partial charge in [-0.05, 0) is 49.2 Å². The molecule has 1 fully saturated rings. The number of hydrogen-bond donors (Lipinski definition) is 2. The van der Waals surface area contributed by atoms with Crippen molar-refractivity contribution in [3.8, 4) is 0 Å². The van der Waals surface area contributed by atoms with Crippen LogP contribution in [0.3, 0.4) is 0 Å². The molecule has 0 spiro atoms. The standard InChI is InChI=1S/C13H26N2S/c1-9(2)8-14-13(16)15-12-6-10(3)5-11(4)7-12/h9-12H,5-8H2,1-4H3,(H2,14,15,16). The van der Waals surface area contributed by atoms with E-state index in [1.54, 1.807) is 0 Å². The molecule has 2 atom stereocenters. The van der Waals surface area contributed by atoms with E-state index in [4.69, 9.17) is 12.2 Å². The predicted molar refractivity (Wildman–Crippen MR) is 74.5 cm³/mol. The Hall–Kier alpha value is -0.310. The third-order valence-electron chi connectivity index (χ3n) is 3.18. The summed E-state index contributed by atoms with van der Waals surface area (Å²) in [5, 5.41) is 7.57. The van der Waals surface area contributed by atoms with Crippen LogP contribution < -0.4 is 10.6 Å². The van der Waals surface area contributed by atoms with Gasteiger partial charge in [0, 0.05) is 12.6 Å². The molecule has 0 amide bonds. The minimum absolute atomic E-state index is 0.575. The summed E-state index contributed by atoms with van der Waals surface area (Å²) in [5.41, 5.74) is 0. The Labute approximate surface area is 106 Å². The first-order valence-corrected chi connectivity index (χ1v) is 6.92. The lowest BCUT2D eigenvalue weighted by Gasteiger charge is -2.32. The molecular weight excluding hydrogens is 216 g/mol. The van der Waals surface area contributed by atoms with Gasteiger partial charge >= 0.3 is 0 Å². The molecule has 94 valence electrons. The highest BCUT2D eigenvalue weighted by Crippen LogP contribution is 2.28. The van der Waals surface area contributed by atoms with Gasteiger partial charge in [-0.15, -0.1) is 0 Å². The van der Waals surface area contributed by atoms with Crippen molar-refractivity contribution in [3.63, 3.8) is 0 Å². The second-order valence-electron chi connectivity index (χ2n) is 5.86.